The van der Waals surface area contributed by atoms with Crippen molar-refractivity contribution in [1.29, 1.82) is 0 Å². The number of benzene rings is 1. The number of fused-ring (bicyclic) bond motifs is 1. The summed E-state index contributed by atoms with van der Waals surface area (Å²) in [5, 5.41) is 7.59. The molecule has 0 unspecified atom stereocenters. The molecule has 1 aromatic heterocycles. The van der Waals surface area contributed by atoms with Crippen molar-refractivity contribution in [3.8, 4) is 11.5 Å². The minimum atomic E-state index is -0.197. The standard InChI is InChI=1S/C20H26N4O3/c1-14-11-19(24(22-14)15-7-3-4-8-15)21-20(25)23(2)12-16-13-26-17-9-5-6-10-18(17)27-16/h5-6,9-11,15-16H,3-4,7-8,12-13H2,1-2H3,(H,21,25)/t16-/m0/s1. The molecule has 2 aliphatic rings. The molecule has 1 fully saturated rings. The van der Waals surface area contributed by atoms with Gasteiger partial charge in [0.25, 0.3) is 0 Å². The molecular formula is C20H26N4O3. The van der Waals surface area contributed by atoms with Crippen molar-refractivity contribution >= 4 is 11.8 Å². The van der Waals surface area contributed by atoms with Gasteiger partial charge in [-0.2, -0.15) is 5.10 Å². The van der Waals surface area contributed by atoms with Crippen LogP contribution in [0.1, 0.15) is 37.4 Å². The summed E-state index contributed by atoms with van der Waals surface area (Å²) in [4.78, 5) is 14.3. The van der Waals surface area contributed by atoms with Crippen molar-refractivity contribution in [3.63, 3.8) is 0 Å². The summed E-state index contributed by atoms with van der Waals surface area (Å²) in [6.07, 6.45) is 4.48. The smallest absolute Gasteiger partial charge is 0.322 e. The number of aryl methyl sites for hydroxylation is 1. The molecule has 0 saturated heterocycles. The summed E-state index contributed by atoms with van der Waals surface area (Å²) < 4.78 is 13.7. The van der Waals surface area contributed by atoms with Crippen molar-refractivity contribution in [1.82, 2.24) is 14.7 Å². The van der Waals surface area contributed by atoms with Gasteiger partial charge in [0.15, 0.2) is 17.6 Å². The molecule has 1 aliphatic heterocycles. The first kappa shape index (κ1) is 17.7. The molecule has 27 heavy (non-hydrogen) atoms. The minimum Gasteiger partial charge on any atom is -0.486 e. The Bertz CT molecular complexity index is 813. The van der Waals surface area contributed by atoms with E-state index in [2.05, 4.69) is 10.4 Å². The molecule has 2 aromatic rings. The number of hydrogen-bond donors (Lipinski definition) is 1. The second-order valence-electron chi connectivity index (χ2n) is 7.36. The van der Waals surface area contributed by atoms with Crippen molar-refractivity contribution in [3.05, 3.63) is 36.0 Å². The number of aromatic nitrogens is 2. The van der Waals surface area contributed by atoms with Gasteiger partial charge in [-0.1, -0.05) is 25.0 Å². The summed E-state index contributed by atoms with van der Waals surface area (Å²) in [7, 11) is 1.77. The zero-order valence-corrected chi connectivity index (χ0v) is 15.9. The van der Waals surface area contributed by atoms with Crippen molar-refractivity contribution in [2.45, 2.75) is 44.8 Å². The molecular weight excluding hydrogens is 344 g/mol. The molecule has 0 bridgehead atoms. The second-order valence-corrected chi connectivity index (χ2v) is 7.36. The van der Waals surface area contributed by atoms with Crippen LogP contribution in [0.5, 0.6) is 11.5 Å². The van der Waals surface area contributed by atoms with Gasteiger partial charge in [0.2, 0.25) is 0 Å². The summed E-state index contributed by atoms with van der Waals surface area (Å²) in [6, 6.07) is 9.73. The van der Waals surface area contributed by atoms with Gasteiger partial charge in [-0.15, -0.1) is 0 Å². The molecule has 1 N–H and O–H groups in total. The van der Waals surface area contributed by atoms with E-state index in [1.807, 2.05) is 41.9 Å². The summed E-state index contributed by atoms with van der Waals surface area (Å²) in [6.45, 7) is 2.82. The topological polar surface area (TPSA) is 68.6 Å². The van der Waals surface area contributed by atoms with Crippen LogP contribution in [0.2, 0.25) is 0 Å². The van der Waals surface area contributed by atoms with Gasteiger partial charge in [0.05, 0.1) is 18.3 Å². The second kappa shape index (κ2) is 7.50. The number of hydrogen-bond acceptors (Lipinski definition) is 4. The van der Waals surface area contributed by atoms with Crippen LogP contribution < -0.4 is 14.8 Å². The molecule has 7 heteroatoms. The normalized spacial score (nSPS) is 19.1. The molecule has 1 aliphatic carbocycles. The minimum absolute atomic E-state index is 0.170. The summed E-state index contributed by atoms with van der Waals surface area (Å²) >= 11 is 0. The third-order valence-electron chi connectivity index (χ3n) is 5.16. The number of ether oxygens (including phenoxy) is 2. The Kier molecular flexibility index (Phi) is 4.92. The lowest BCUT2D eigenvalue weighted by molar-refractivity contribution is 0.0731. The van der Waals surface area contributed by atoms with E-state index < -0.39 is 0 Å². The van der Waals surface area contributed by atoms with Crippen LogP contribution in [-0.2, 0) is 0 Å². The first-order chi connectivity index (χ1) is 13.1. The lowest BCUT2D eigenvalue weighted by atomic mass is 10.2. The van der Waals surface area contributed by atoms with Gasteiger partial charge < -0.3 is 14.4 Å². The number of nitrogens with one attached hydrogen (secondary N) is 1. The Morgan fingerprint density at radius 3 is 2.81 bits per heavy atom. The Morgan fingerprint density at radius 2 is 2.04 bits per heavy atom. The van der Waals surface area contributed by atoms with Gasteiger partial charge in [-0.3, -0.25) is 5.32 Å². The highest BCUT2D eigenvalue weighted by molar-refractivity contribution is 5.88. The first-order valence-corrected chi connectivity index (χ1v) is 9.57. The lowest BCUT2D eigenvalue weighted by Gasteiger charge is -2.29. The number of carbonyl (C=O) groups excluding carboxylic acids is 1. The fraction of sp³-hybridized carbons (Fsp3) is 0.500. The van der Waals surface area contributed by atoms with Gasteiger partial charge in [0, 0.05) is 13.1 Å². The van der Waals surface area contributed by atoms with Crippen LogP contribution in [0.3, 0.4) is 0 Å². The quantitative estimate of drug-likeness (QED) is 0.893. The summed E-state index contributed by atoms with van der Waals surface area (Å²) in [5.74, 6) is 2.23. The van der Waals surface area contributed by atoms with Gasteiger partial charge in [-0.05, 0) is 31.9 Å². The summed E-state index contributed by atoms with van der Waals surface area (Å²) in [5.41, 5.74) is 0.917. The van der Waals surface area contributed by atoms with Crippen LogP contribution in [-0.4, -0.2) is 47.0 Å². The van der Waals surface area contributed by atoms with Crippen molar-refractivity contribution in [2.24, 2.45) is 0 Å². The number of urea groups is 1. The third-order valence-corrected chi connectivity index (χ3v) is 5.16. The average molecular weight is 370 g/mol. The first-order valence-electron chi connectivity index (χ1n) is 9.57. The molecule has 0 spiro atoms. The maximum absolute atomic E-state index is 12.7. The number of anilines is 1. The van der Waals surface area contributed by atoms with Crippen LogP contribution in [0.25, 0.3) is 0 Å². The fourth-order valence-corrected chi connectivity index (χ4v) is 3.78. The monoisotopic (exact) mass is 370 g/mol. The Labute approximate surface area is 159 Å². The zero-order valence-electron chi connectivity index (χ0n) is 15.9. The fourth-order valence-electron chi connectivity index (χ4n) is 3.78. The Morgan fingerprint density at radius 1 is 1.30 bits per heavy atom. The van der Waals surface area contributed by atoms with Crippen molar-refractivity contribution in [2.75, 3.05) is 25.5 Å². The van der Waals surface area contributed by atoms with Crippen LogP contribution in [0.4, 0.5) is 10.6 Å². The van der Waals surface area contributed by atoms with E-state index in [-0.39, 0.29) is 12.1 Å². The van der Waals surface area contributed by atoms with Crippen LogP contribution in [0.15, 0.2) is 30.3 Å². The molecule has 0 radical (unpaired) electrons. The van der Waals surface area contributed by atoms with E-state index in [9.17, 15) is 4.79 Å². The molecule has 2 heterocycles. The van der Waals surface area contributed by atoms with Crippen molar-refractivity contribution < 1.29 is 14.3 Å². The van der Waals surface area contributed by atoms with E-state index in [1.54, 1.807) is 11.9 Å². The molecule has 1 saturated carbocycles. The molecule has 1 aromatic carbocycles. The maximum Gasteiger partial charge on any atom is 0.322 e. The van der Waals surface area contributed by atoms with Gasteiger partial charge in [0.1, 0.15) is 12.4 Å². The predicted octanol–water partition coefficient (Wildman–Crippen LogP) is 3.61. The number of amides is 2. The number of rotatable bonds is 4. The zero-order chi connectivity index (χ0) is 18.8. The Hall–Kier alpha value is -2.70. The van der Waals surface area contributed by atoms with E-state index in [0.717, 1.165) is 35.9 Å². The molecule has 4 rings (SSSR count). The van der Waals surface area contributed by atoms with E-state index in [4.69, 9.17) is 9.47 Å². The van der Waals surface area contributed by atoms with Gasteiger partial charge >= 0.3 is 6.03 Å². The number of para-hydroxylation sites is 2. The highest BCUT2D eigenvalue weighted by Gasteiger charge is 2.25. The molecule has 7 nitrogen and oxygen atoms in total. The van der Waals surface area contributed by atoms with E-state index in [0.29, 0.717) is 19.2 Å². The molecule has 1 atom stereocenters. The number of nitrogens with zero attached hydrogens (tertiary/aromatic N) is 3. The van der Waals surface area contributed by atoms with E-state index in [1.165, 1.54) is 12.8 Å². The van der Waals surface area contributed by atoms with Crippen LogP contribution in [0, 0.1) is 6.92 Å². The highest BCUT2D eigenvalue weighted by atomic mass is 16.6. The number of carbonyl (C=O) groups is 1. The highest BCUT2D eigenvalue weighted by Crippen LogP contribution is 2.32. The van der Waals surface area contributed by atoms with E-state index >= 15 is 0 Å². The molecule has 144 valence electrons. The maximum atomic E-state index is 12.7. The average Bonchev–Trinajstić information content (AvgIpc) is 3.31. The van der Waals surface area contributed by atoms with Crippen LogP contribution >= 0.6 is 0 Å². The largest absolute Gasteiger partial charge is 0.486 e. The Balaban J connectivity index is 1.38. The SMILES string of the molecule is Cc1cc(NC(=O)N(C)C[C@H]2COc3ccccc3O2)n(C2CCCC2)n1. The molecule has 2 amide bonds. The third kappa shape index (κ3) is 3.86. The predicted molar refractivity (Wildman–Crippen MR) is 102 cm³/mol. The number of likely N-dealkylation sites (N-methyl/N-ethyl adjacent to an activating group) is 1. The van der Waals surface area contributed by atoms with Gasteiger partial charge in [-0.25, -0.2) is 9.48 Å². The lowest BCUT2D eigenvalue weighted by Crippen LogP contribution is -2.43.